The van der Waals surface area contributed by atoms with Crippen LogP contribution in [0.15, 0.2) is 0 Å². The number of hydrogen-bond donors (Lipinski definition) is 2. The fraction of sp³-hybridized carbons (Fsp3) is 1.00. The van der Waals surface area contributed by atoms with Crippen LogP contribution in [-0.2, 0) is 78.5 Å². The largest absolute Gasteiger partial charge is 2.00 e. The molecule has 0 rings (SSSR count). The Morgan fingerprint density at radius 2 is 0.800 bits per heavy atom. The molecule has 0 aromatic heterocycles. The van der Waals surface area contributed by atoms with E-state index in [0.717, 1.165) is 0 Å². The molecule has 14 nitrogen and oxygen atoms in total. The van der Waals surface area contributed by atoms with E-state index in [0.29, 0.717) is 14.2 Å². The van der Waals surface area contributed by atoms with E-state index in [-0.39, 0.29) is 51.2 Å². The van der Waals surface area contributed by atoms with Crippen LogP contribution in [0.2, 0.25) is 0 Å². The molecule has 25 heavy (non-hydrogen) atoms. The second-order valence-electron chi connectivity index (χ2n) is 3.22. The maximum absolute atomic E-state index is 10.3. The van der Waals surface area contributed by atoms with E-state index in [9.17, 15) is 47.6 Å². The Morgan fingerprint density at radius 3 is 0.840 bits per heavy atom. The van der Waals surface area contributed by atoms with Gasteiger partial charge in [0.15, 0.2) is 15.2 Å². The first-order valence-corrected chi connectivity index (χ1v) is 11.0. The SMILES string of the molecule is COP(=O)([O-])C(O)P(=O)([O-])[O-].COP(=O)([O-])C(O)P(=O)([O-])[O-].[Fe+2].[Fe+2].[Fe+2]. The van der Waals surface area contributed by atoms with Gasteiger partial charge < -0.3 is 66.9 Å². The van der Waals surface area contributed by atoms with Gasteiger partial charge in [0.2, 0.25) is 0 Å². The number of aliphatic hydroxyl groups is 2. The fourth-order valence-corrected chi connectivity index (χ4v) is 4.25. The van der Waals surface area contributed by atoms with Gasteiger partial charge >= 0.3 is 51.2 Å². The van der Waals surface area contributed by atoms with Gasteiger partial charge in [0.25, 0.3) is 0 Å². The van der Waals surface area contributed by atoms with Crippen LogP contribution < -0.4 is 29.4 Å². The van der Waals surface area contributed by atoms with Gasteiger partial charge in [0.05, 0.1) is 0 Å². The first-order chi connectivity index (χ1) is 9.43. The molecule has 2 N–H and O–H groups in total. The van der Waals surface area contributed by atoms with Crippen molar-refractivity contribution in [2.75, 3.05) is 14.2 Å². The molecule has 0 bridgehead atoms. The van der Waals surface area contributed by atoms with Crippen molar-refractivity contribution in [3.05, 3.63) is 0 Å². The van der Waals surface area contributed by atoms with Gasteiger partial charge in [-0.1, -0.05) is 0 Å². The van der Waals surface area contributed by atoms with Crippen LogP contribution in [-0.4, -0.2) is 35.6 Å². The predicted molar refractivity (Wildman–Crippen MR) is 56.5 cm³/mol. The smallest absolute Gasteiger partial charge is 0.809 e. The molecule has 0 aliphatic rings. The van der Waals surface area contributed by atoms with Gasteiger partial charge in [-0.25, -0.2) is 0 Å². The summed E-state index contributed by atoms with van der Waals surface area (Å²) >= 11 is 0. The summed E-state index contributed by atoms with van der Waals surface area (Å²) in [5.41, 5.74) is -6.00. The Kier molecular flexibility index (Phi) is 21.3. The van der Waals surface area contributed by atoms with Crippen molar-refractivity contribution >= 4 is 30.4 Å². The monoisotopic (exact) mass is 574 g/mol. The summed E-state index contributed by atoms with van der Waals surface area (Å²) in [5.74, 6) is 0. The molecule has 0 radical (unpaired) electrons. The van der Waals surface area contributed by atoms with E-state index in [1.807, 2.05) is 0 Å². The third kappa shape index (κ3) is 14.7. The first-order valence-electron chi connectivity index (χ1n) is 4.56. The fourth-order valence-electron chi connectivity index (χ4n) is 0.535. The van der Waals surface area contributed by atoms with Crippen LogP contribution in [0.25, 0.3) is 0 Å². The Bertz CT molecular complexity index is 494. The molecular formula is C4H10Fe3O14P4. The quantitative estimate of drug-likeness (QED) is 0.222. The third-order valence-corrected chi connectivity index (χ3v) is 8.32. The van der Waals surface area contributed by atoms with Crippen LogP contribution in [0, 0.1) is 0 Å². The average Bonchev–Trinajstić information content (AvgIpc) is 2.35. The van der Waals surface area contributed by atoms with Crippen molar-refractivity contribution in [1.82, 2.24) is 0 Å². The van der Waals surface area contributed by atoms with Crippen LogP contribution in [0.1, 0.15) is 0 Å². The Morgan fingerprint density at radius 1 is 0.640 bits per heavy atom. The molecule has 0 saturated heterocycles. The summed E-state index contributed by atoms with van der Waals surface area (Å²) in [4.78, 5) is 60.3. The molecule has 0 aromatic rings. The van der Waals surface area contributed by atoms with E-state index in [2.05, 4.69) is 9.05 Å². The zero-order chi connectivity index (χ0) is 18.6. The maximum Gasteiger partial charge on any atom is 2.00 e. The Hall–Kier alpha value is 2.08. The van der Waals surface area contributed by atoms with E-state index < -0.39 is 41.6 Å². The molecule has 0 heterocycles. The van der Waals surface area contributed by atoms with Crippen molar-refractivity contribution in [1.29, 1.82) is 0 Å². The molecule has 0 fully saturated rings. The van der Waals surface area contributed by atoms with Crippen LogP contribution in [0.3, 0.4) is 0 Å². The summed E-state index contributed by atoms with van der Waals surface area (Å²) in [6.45, 7) is 0. The molecule has 21 heteroatoms. The van der Waals surface area contributed by atoms with Crippen molar-refractivity contribution in [3.63, 3.8) is 0 Å². The van der Waals surface area contributed by atoms with Crippen LogP contribution in [0.4, 0.5) is 0 Å². The molecular weight excluding hydrogens is 563 g/mol. The average molecular weight is 574 g/mol. The van der Waals surface area contributed by atoms with Crippen LogP contribution >= 0.6 is 30.4 Å². The topological polar surface area (TPSA) is 266 Å². The summed E-state index contributed by atoms with van der Waals surface area (Å²) in [7, 11) is -19.7. The normalized spacial score (nSPS) is 18.3. The van der Waals surface area contributed by atoms with Crippen molar-refractivity contribution in [3.8, 4) is 0 Å². The summed E-state index contributed by atoms with van der Waals surface area (Å²) < 4.78 is 47.7. The maximum atomic E-state index is 10.3. The molecule has 154 valence electrons. The van der Waals surface area contributed by atoms with Gasteiger partial charge in [0, 0.05) is 14.2 Å². The third-order valence-electron chi connectivity index (χ3n) is 1.64. The zero-order valence-electron chi connectivity index (χ0n) is 11.8. The van der Waals surface area contributed by atoms with E-state index >= 15 is 0 Å². The minimum absolute atomic E-state index is 0. The van der Waals surface area contributed by atoms with Gasteiger partial charge in [-0.2, -0.15) is 0 Å². The van der Waals surface area contributed by atoms with Crippen LogP contribution in [0.5, 0.6) is 0 Å². The van der Waals surface area contributed by atoms with E-state index in [1.54, 1.807) is 0 Å². The van der Waals surface area contributed by atoms with Gasteiger partial charge in [0.1, 0.15) is 11.2 Å². The molecule has 0 aromatic carbocycles. The minimum Gasteiger partial charge on any atom is -0.809 e. The Labute approximate surface area is 173 Å². The standard InChI is InChI=1S/2C2H8O7P2.3Fe/c2*1-9-11(7,8)2(3)10(4,5)6;;;/h2*2-3H,1H3,(H,7,8)(H2,4,5,6);;;/q;;3*+2/p-6. The first kappa shape index (κ1) is 37.8. The minimum atomic E-state index is -5.54. The summed E-state index contributed by atoms with van der Waals surface area (Å²) in [6.07, 6.45) is 0. The predicted octanol–water partition coefficient (Wildman–Crippen LogP) is -5.26. The second-order valence-corrected chi connectivity index (χ2v) is 11.0. The van der Waals surface area contributed by atoms with Crippen molar-refractivity contribution in [2.24, 2.45) is 0 Å². The van der Waals surface area contributed by atoms with E-state index in [1.165, 1.54) is 0 Å². The molecule has 4 unspecified atom stereocenters. The molecule has 0 aliphatic carbocycles. The molecule has 0 saturated carbocycles. The molecule has 0 spiro atoms. The second kappa shape index (κ2) is 14.1. The van der Waals surface area contributed by atoms with Gasteiger partial charge in [-0.3, -0.25) is 0 Å². The summed E-state index contributed by atoms with van der Waals surface area (Å²) in [6, 6.07) is 0. The van der Waals surface area contributed by atoms with Crippen molar-refractivity contribution < 1.29 is 118 Å². The van der Waals surface area contributed by atoms with Gasteiger partial charge in [-0.15, -0.1) is 0 Å². The van der Waals surface area contributed by atoms with Gasteiger partial charge in [-0.05, 0) is 15.2 Å². The molecule has 0 aliphatic heterocycles. The van der Waals surface area contributed by atoms with Crippen molar-refractivity contribution in [2.45, 2.75) is 11.2 Å². The number of hydrogen-bond acceptors (Lipinski definition) is 14. The zero-order valence-corrected chi connectivity index (χ0v) is 18.7. The van der Waals surface area contributed by atoms with E-state index in [4.69, 9.17) is 10.2 Å². The Balaban J connectivity index is -0.0000000952. The number of rotatable bonds is 6. The summed E-state index contributed by atoms with van der Waals surface area (Å²) in [5, 5.41) is 16.6. The molecule has 4 atom stereocenters. The number of aliphatic hydroxyl groups excluding tert-OH is 2. The molecule has 0 amide bonds.